The van der Waals surface area contributed by atoms with Gasteiger partial charge in [0, 0.05) is 25.7 Å². The standard InChI is InChI=1S/C22H30N2O5S/c1-2-12-24(19-11-15-30(27,28)17-19)22(26)18-7-6-13-23(16-18)21(25)10-14-29-20-8-4-3-5-9-20/h2-5,8-9,18-19H,1,6-7,10-17H2. The van der Waals surface area contributed by atoms with Gasteiger partial charge in [-0.3, -0.25) is 9.59 Å². The Bertz CT molecular complexity index is 856. The van der Waals surface area contributed by atoms with Crippen LogP contribution in [0.15, 0.2) is 43.0 Å². The predicted molar refractivity (Wildman–Crippen MR) is 115 cm³/mol. The number of sulfone groups is 1. The fourth-order valence-corrected chi connectivity index (χ4v) is 5.88. The van der Waals surface area contributed by atoms with E-state index in [0.717, 1.165) is 12.2 Å². The Kier molecular flexibility index (Phi) is 7.53. The van der Waals surface area contributed by atoms with Crippen molar-refractivity contribution in [1.82, 2.24) is 9.80 Å². The molecule has 0 spiro atoms. The number of benzene rings is 1. The molecule has 7 nitrogen and oxygen atoms in total. The maximum Gasteiger partial charge on any atom is 0.228 e. The van der Waals surface area contributed by atoms with Crippen LogP contribution >= 0.6 is 0 Å². The average molecular weight is 435 g/mol. The van der Waals surface area contributed by atoms with Crippen molar-refractivity contribution in [3.05, 3.63) is 43.0 Å². The van der Waals surface area contributed by atoms with E-state index in [1.54, 1.807) is 15.9 Å². The van der Waals surface area contributed by atoms with Crippen LogP contribution in [0.5, 0.6) is 5.75 Å². The fourth-order valence-electron chi connectivity index (χ4n) is 4.15. The van der Waals surface area contributed by atoms with Crippen LogP contribution in [0.3, 0.4) is 0 Å². The maximum atomic E-state index is 13.2. The van der Waals surface area contributed by atoms with E-state index in [2.05, 4.69) is 6.58 Å². The summed E-state index contributed by atoms with van der Waals surface area (Å²) in [6.07, 6.45) is 3.82. The molecule has 2 atom stereocenters. The zero-order valence-corrected chi connectivity index (χ0v) is 18.1. The van der Waals surface area contributed by atoms with Crippen LogP contribution in [0, 0.1) is 5.92 Å². The van der Waals surface area contributed by atoms with Gasteiger partial charge in [0.05, 0.1) is 30.5 Å². The Morgan fingerprint density at radius 1 is 1.23 bits per heavy atom. The third kappa shape index (κ3) is 5.84. The largest absolute Gasteiger partial charge is 0.493 e. The van der Waals surface area contributed by atoms with E-state index >= 15 is 0 Å². The van der Waals surface area contributed by atoms with Gasteiger partial charge in [-0.15, -0.1) is 6.58 Å². The highest BCUT2D eigenvalue weighted by atomic mass is 32.2. The number of rotatable bonds is 8. The van der Waals surface area contributed by atoms with Gasteiger partial charge in [0.15, 0.2) is 9.84 Å². The van der Waals surface area contributed by atoms with Crippen LogP contribution in [0.4, 0.5) is 0 Å². The van der Waals surface area contributed by atoms with E-state index in [1.807, 2.05) is 30.3 Å². The van der Waals surface area contributed by atoms with Gasteiger partial charge < -0.3 is 14.5 Å². The molecule has 0 radical (unpaired) electrons. The number of amides is 2. The zero-order valence-electron chi connectivity index (χ0n) is 17.2. The van der Waals surface area contributed by atoms with Gasteiger partial charge in [-0.2, -0.15) is 0 Å². The highest BCUT2D eigenvalue weighted by Gasteiger charge is 2.38. The van der Waals surface area contributed by atoms with Crippen LogP contribution in [0.25, 0.3) is 0 Å². The second-order valence-electron chi connectivity index (χ2n) is 7.93. The molecule has 2 unspecified atom stereocenters. The minimum absolute atomic E-state index is 0.0127. The molecule has 30 heavy (non-hydrogen) atoms. The fraction of sp³-hybridized carbons (Fsp3) is 0.545. The van der Waals surface area contributed by atoms with Gasteiger partial charge in [0.1, 0.15) is 5.75 Å². The van der Waals surface area contributed by atoms with Crippen molar-refractivity contribution in [3.63, 3.8) is 0 Å². The van der Waals surface area contributed by atoms with Crippen molar-refractivity contribution in [3.8, 4) is 5.75 Å². The Morgan fingerprint density at radius 2 is 2.00 bits per heavy atom. The molecule has 164 valence electrons. The second kappa shape index (κ2) is 10.1. The van der Waals surface area contributed by atoms with E-state index in [9.17, 15) is 18.0 Å². The quantitative estimate of drug-likeness (QED) is 0.584. The molecule has 2 aliphatic heterocycles. The van der Waals surface area contributed by atoms with Crippen LogP contribution in [-0.4, -0.2) is 73.8 Å². The highest BCUT2D eigenvalue weighted by molar-refractivity contribution is 7.91. The third-order valence-electron chi connectivity index (χ3n) is 5.71. The summed E-state index contributed by atoms with van der Waals surface area (Å²) >= 11 is 0. The first-order chi connectivity index (χ1) is 14.4. The van der Waals surface area contributed by atoms with E-state index in [-0.39, 0.29) is 41.7 Å². The summed E-state index contributed by atoms with van der Waals surface area (Å²) < 4.78 is 29.3. The summed E-state index contributed by atoms with van der Waals surface area (Å²) in [5, 5.41) is 0. The van der Waals surface area contributed by atoms with Crippen molar-refractivity contribution in [2.45, 2.75) is 31.7 Å². The van der Waals surface area contributed by atoms with Crippen molar-refractivity contribution in [1.29, 1.82) is 0 Å². The summed E-state index contributed by atoms with van der Waals surface area (Å²) in [6, 6.07) is 9.05. The lowest BCUT2D eigenvalue weighted by Crippen LogP contribution is -2.50. The number of carbonyl (C=O) groups is 2. The zero-order chi connectivity index (χ0) is 21.6. The van der Waals surface area contributed by atoms with Crippen LogP contribution < -0.4 is 4.74 Å². The first kappa shape index (κ1) is 22.3. The molecule has 1 aromatic rings. The molecule has 0 N–H and O–H groups in total. The first-order valence-corrected chi connectivity index (χ1v) is 12.3. The minimum atomic E-state index is -3.09. The summed E-state index contributed by atoms with van der Waals surface area (Å²) in [5.74, 6) is 0.454. The SMILES string of the molecule is C=CCN(C(=O)C1CCCN(C(=O)CCOc2ccccc2)C1)C1CCS(=O)(=O)C1. The molecule has 1 aromatic carbocycles. The Balaban J connectivity index is 1.55. The number of hydrogen-bond acceptors (Lipinski definition) is 5. The van der Waals surface area contributed by atoms with Gasteiger partial charge >= 0.3 is 0 Å². The minimum Gasteiger partial charge on any atom is -0.493 e. The van der Waals surface area contributed by atoms with Gasteiger partial charge in [0.2, 0.25) is 11.8 Å². The Labute approximate surface area is 178 Å². The van der Waals surface area contributed by atoms with E-state index in [4.69, 9.17) is 4.74 Å². The van der Waals surface area contributed by atoms with E-state index < -0.39 is 9.84 Å². The number of piperidine rings is 1. The molecule has 0 aliphatic carbocycles. The Hall–Kier alpha value is -2.35. The lowest BCUT2D eigenvalue weighted by atomic mass is 9.95. The smallest absolute Gasteiger partial charge is 0.228 e. The van der Waals surface area contributed by atoms with Crippen LogP contribution in [-0.2, 0) is 19.4 Å². The number of para-hydroxylation sites is 1. The molecule has 2 aliphatic rings. The molecule has 2 heterocycles. The molecular weight excluding hydrogens is 404 g/mol. The molecular formula is C22H30N2O5S. The lowest BCUT2D eigenvalue weighted by Gasteiger charge is -2.36. The van der Waals surface area contributed by atoms with Crippen molar-refractivity contribution in [2.24, 2.45) is 5.92 Å². The Morgan fingerprint density at radius 3 is 2.67 bits per heavy atom. The molecule has 0 saturated carbocycles. The van der Waals surface area contributed by atoms with Gasteiger partial charge in [-0.05, 0) is 31.4 Å². The molecule has 0 bridgehead atoms. The van der Waals surface area contributed by atoms with E-state index in [1.165, 1.54) is 0 Å². The molecule has 2 amide bonds. The predicted octanol–water partition coefficient (Wildman–Crippen LogP) is 1.90. The third-order valence-corrected chi connectivity index (χ3v) is 7.46. The first-order valence-electron chi connectivity index (χ1n) is 10.5. The van der Waals surface area contributed by atoms with Crippen LogP contribution in [0.2, 0.25) is 0 Å². The topological polar surface area (TPSA) is 84.0 Å². The maximum absolute atomic E-state index is 13.2. The van der Waals surface area contributed by atoms with E-state index in [0.29, 0.717) is 39.1 Å². The normalized spacial score (nSPS) is 23.0. The number of nitrogens with zero attached hydrogens (tertiary/aromatic N) is 2. The van der Waals surface area contributed by atoms with Gasteiger partial charge in [0.25, 0.3) is 0 Å². The number of likely N-dealkylation sites (tertiary alicyclic amines) is 1. The summed E-state index contributed by atoms with van der Waals surface area (Å²) in [6.45, 7) is 5.34. The molecule has 3 rings (SSSR count). The highest BCUT2D eigenvalue weighted by Crippen LogP contribution is 2.24. The number of hydrogen-bond donors (Lipinski definition) is 0. The van der Waals surface area contributed by atoms with Crippen molar-refractivity contribution < 1.29 is 22.7 Å². The van der Waals surface area contributed by atoms with Crippen molar-refractivity contribution in [2.75, 3.05) is 37.7 Å². The van der Waals surface area contributed by atoms with Gasteiger partial charge in [-0.25, -0.2) is 8.42 Å². The summed E-state index contributed by atoms with van der Waals surface area (Å²) in [5.41, 5.74) is 0. The van der Waals surface area contributed by atoms with Gasteiger partial charge in [-0.1, -0.05) is 24.3 Å². The molecule has 2 fully saturated rings. The molecule has 0 aromatic heterocycles. The number of ether oxygens (including phenoxy) is 1. The molecule has 8 heteroatoms. The lowest BCUT2D eigenvalue weighted by molar-refractivity contribution is -0.142. The van der Waals surface area contributed by atoms with Crippen LogP contribution in [0.1, 0.15) is 25.7 Å². The number of carbonyl (C=O) groups excluding carboxylic acids is 2. The second-order valence-corrected chi connectivity index (χ2v) is 10.2. The summed E-state index contributed by atoms with van der Waals surface area (Å²) in [4.78, 5) is 29.2. The average Bonchev–Trinajstić information content (AvgIpc) is 3.11. The monoisotopic (exact) mass is 434 g/mol. The molecule has 2 saturated heterocycles. The van der Waals surface area contributed by atoms with Crippen molar-refractivity contribution >= 4 is 21.7 Å². The summed E-state index contributed by atoms with van der Waals surface area (Å²) in [7, 11) is -3.09.